The zero-order valence-electron chi connectivity index (χ0n) is 10.3. The van der Waals surface area contributed by atoms with Gasteiger partial charge in [-0.1, -0.05) is 24.6 Å². The van der Waals surface area contributed by atoms with Crippen molar-refractivity contribution in [2.24, 2.45) is 7.05 Å². The lowest BCUT2D eigenvalue weighted by Crippen LogP contribution is -2.26. The predicted molar refractivity (Wildman–Crippen MR) is 70.1 cm³/mol. The van der Waals surface area contributed by atoms with Crippen molar-refractivity contribution in [3.8, 4) is 0 Å². The zero-order valence-corrected chi connectivity index (χ0v) is 11.1. The highest BCUT2D eigenvalue weighted by atomic mass is 35.5. The molecular weight excluding hydrogens is 253 g/mol. The topological polar surface area (TPSA) is 29.9 Å². The lowest BCUT2D eigenvalue weighted by molar-refractivity contribution is 0.532. The maximum Gasteiger partial charge on any atom is 0.130 e. The third-order valence-electron chi connectivity index (χ3n) is 2.81. The van der Waals surface area contributed by atoms with Crippen LogP contribution in [0.25, 0.3) is 0 Å². The first-order chi connectivity index (χ1) is 8.65. The quantitative estimate of drug-likeness (QED) is 0.923. The van der Waals surface area contributed by atoms with Crippen LogP contribution in [0.5, 0.6) is 0 Å². The number of nitrogens with one attached hydrogen (secondary N) is 1. The minimum Gasteiger partial charge on any atom is -0.336 e. The molecule has 2 aromatic rings. The van der Waals surface area contributed by atoms with Crippen molar-refractivity contribution in [1.82, 2.24) is 14.9 Å². The van der Waals surface area contributed by atoms with Gasteiger partial charge in [0.1, 0.15) is 11.6 Å². The third-order valence-corrected chi connectivity index (χ3v) is 3.14. The van der Waals surface area contributed by atoms with Crippen molar-refractivity contribution in [1.29, 1.82) is 0 Å². The standard InChI is InChI=1S/C13H15ClFN3/c1-3-16-12(13-17-7-8-18(13)2)11-9(14)5-4-6-10(11)15/h4-8,12,16H,3H2,1-2H3. The lowest BCUT2D eigenvalue weighted by atomic mass is 10.1. The largest absolute Gasteiger partial charge is 0.336 e. The van der Waals surface area contributed by atoms with Gasteiger partial charge in [-0.2, -0.15) is 0 Å². The monoisotopic (exact) mass is 267 g/mol. The molecule has 0 saturated heterocycles. The summed E-state index contributed by atoms with van der Waals surface area (Å²) < 4.78 is 15.8. The lowest BCUT2D eigenvalue weighted by Gasteiger charge is -2.19. The molecule has 3 nitrogen and oxygen atoms in total. The number of aromatic nitrogens is 2. The molecule has 0 bridgehead atoms. The van der Waals surface area contributed by atoms with Crippen LogP contribution in [0.15, 0.2) is 30.6 Å². The molecule has 0 aliphatic rings. The van der Waals surface area contributed by atoms with Crippen molar-refractivity contribution < 1.29 is 4.39 Å². The molecule has 0 saturated carbocycles. The molecule has 2 rings (SSSR count). The van der Waals surface area contributed by atoms with Crippen molar-refractivity contribution >= 4 is 11.6 Å². The first-order valence-corrected chi connectivity index (χ1v) is 6.17. The maximum atomic E-state index is 14.0. The smallest absolute Gasteiger partial charge is 0.130 e. The van der Waals surface area contributed by atoms with Crippen LogP contribution < -0.4 is 5.32 Å². The van der Waals surface area contributed by atoms with E-state index in [1.807, 2.05) is 24.7 Å². The highest BCUT2D eigenvalue weighted by Gasteiger charge is 2.23. The van der Waals surface area contributed by atoms with Gasteiger partial charge < -0.3 is 9.88 Å². The van der Waals surface area contributed by atoms with E-state index in [4.69, 9.17) is 11.6 Å². The summed E-state index contributed by atoms with van der Waals surface area (Å²) in [4.78, 5) is 4.27. The summed E-state index contributed by atoms with van der Waals surface area (Å²) in [6, 6.07) is 4.35. The Kier molecular flexibility index (Phi) is 3.99. The van der Waals surface area contributed by atoms with Crippen molar-refractivity contribution in [3.05, 3.63) is 52.8 Å². The first-order valence-electron chi connectivity index (χ1n) is 5.79. The second-order valence-electron chi connectivity index (χ2n) is 4.02. The van der Waals surface area contributed by atoms with Gasteiger partial charge in [0.05, 0.1) is 6.04 Å². The summed E-state index contributed by atoms with van der Waals surface area (Å²) in [6.07, 6.45) is 3.52. The van der Waals surface area contributed by atoms with Gasteiger partial charge in [-0.25, -0.2) is 9.37 Å². The highest BCUT2D eigenvalue weighted by Crippen LogP contribution is 2.29. The molecule has 0 fully saturated rings. The predicted octanol–water partition coefficient (Wildman–Crippen LogP) is 2.91. The number of rotatable bonds is 4. The van der Waals surface area contributed by atoms with Crippen LogP contribution in [0.3, 0.4) is 0 Å². The average molecular weight is 268 g/mol. The molecule has 0 spiro atoms. The maximum absolute atomic E-state index is 14.0. The number of nitrogens with zero attached hydrogens (tertiary/aromatic N) is 2. The molecule has 0 radical (unpaired) electrons. The summed E-state index contributed by atoms with van der Waals surface area (Å²) in [5.41, 5.74) is 0.440. The Balaban J connectivity index is 2.52. The molecule has 18 heavy (non-hydrogen) atoms. The van der Waals surface area contributed by atoms with Gasteiger partial charge in [-0.05, 0) is 18.7 Å². The van der Waals surface area contributed by atoms with Gasteiger partial charge in [0.25, 0.3) is 0 Å². The molecule has 0 aliphatic carbocycles. The number of hydrogen-bond donors (Lipinski definition) is 1. The van der Waals surface area contributed by atoms with Crippen molar-refractivity contribution in [2.75, 3.05) is 6.54 Å². The Bertz CT molecular complexity index is 519. The minimum atomic E-state index is -0.344. The molecule has 1 N–H and O–H groups in total. The fourth-order valence-corrected chi connectivity index (χ4v) is 2.24. The van der Waals surface area contributed by atoms with Gasteiger partial charge in [-0.3, -0.25) is 0 Å². The van der Waals surface area contributed by atoms with E-state index in [9.17, 15) is 4.39 Å². The van der Waals surface area contributed by atoms with E-state index in [2.05, 4.69) is 10.3 Å². The highest BCUT2D eigenvalue weighted by molar-refractivity contribution is 6.31. The Morgan fingerprint density at radius 3 is 2.83 bits per heavy atom. The van der Waals surface area contributed by atoms with E-state index >= 15 is 0 Å². The van der Waals surface area contributed by atoms with Crippen molar-refractivity contribution in [2.45, 2.75) is 13.0 Å². The Morgan fingerprint density at radius 2 is 2.28 bits per heavy atom. The summed E-state index contributed by atoms with van der Waals surface area (Å²) in [7, 11) is 1.88. The second-order valence-corrected chi connectivity index (χ2v) is 4.43. The van der Waals surface area contributed by atoms with E-state index in [0.29, 0.717) is 17.1 Å². The van der Waals surface area contributed by atoms with E-state index in [1.165, 1.54) is 6.07 Å². The zero-order chi connectivity index (χ0) is 13.1. The first kappa shape index (κ1) is 13.1. The molecular formula is C13H15ClFN3. The molecule has 0 amide bonds. The van der Waals surface area contributed by atoms with E-state index < -0.39 is 0 Å². The number of aryl methyl sites for hydroxylation is 1. The summed E-state index contributed by atoms with van der Waals surface area (Å²) in [6.45, 7) is 2.66. The fraction of sp³-hybridized carbons (Fsp3) is 0.308. The van der Waals surface area contributed by atoms with Crippen molar-refractivity contribution in [3.63, 3.8) is 0 Å². The molecule has 5 heteroatoms. The normalized spacial score (nSPS) is 12.7. The van der Waals surface area contributed by atoms with Crippen LogP contribution >= 0.6 is 11.6 Å². The number of benzene rings is 1. The SMILES string of the molecule is CCNC(c1c(F)cccc1Cl)c1nccn1C. The molecule has 0 aliphatic heterocycles. The van der Waals surface area contributed by atoms with Crippen LogP contribution in [-0.2, 0) is 7.05 Å². The van der Waals surface area contributed by atoms with Crippen LogP contribution in [-0.4, -0.2) is 16.1 Å². The van der Waals surface area contributed by atoms with E-state index in [1.54, 1.807) is 18.3 Å². The Morgan fingerprint density at radius 1 is 1.50 bits per heavy atom. The third kappa shape index (κ3) is 2.40. The van der Waals surface area contributed by atoms with Gasteiger partial charge in [-0.15, -0.1) is 0 Å². The summed E-state index contributed by atoms with van der Waals surface area (Å²) >= 11 is 6.11. The van der Waals surface area contributed by atoms with Crippen LogP contribution in [0, 0.1) is 5.82 Å². The second kappa shape index (κ2) is 5.50. The van der Waals surface area contributed by atoms with Crippen LogP contribution in [0.4, 0.5) is 4.39 Å². The average Bonchev–Trinajstić information content (AvgIpc) is 2.74. The fourth-order valence-electron chi connectivity index (χ4n) is 1.97. The molecule has 1 atom stereocenters. The van der Waals surface area contributed by atoms with Gasteiger partial charge in [0, 0.05) is 30.0 Å². The van der Waals surface area contributed by atoms with Crippen LogP contribution in [0.1, 0.15) is 24.4 Å². The minimum absolute atomic E-state index is 0.323. The Labute approximate surface area is 111 Å². The molecule has 96 valence electrons. The number of hydrogen-bond acceptors (Lipinski definition) is 2. The molecule has 1 unspecified atom stereocenters. The van der Waals surface area contributed by atoms with E-state index in [0.717, 1.165) is 5.82 Å². The Hall–Kier alpha value is -1.39. The molecule has 1 aromatic heterocycles. The van der Waals surface area contributed by atoms with Gasteiger partial charge >= 0.3 is 0 Å². The van der Waals surface area contributed by atoms with E-state index in [-0.39, 0.29) is 11.9 Å². The summed E-state index contributed by atoms with van der Waals surface area (Å²) in [5, 5.41) is 3.62. The summed E-state index contributed by atoms with van der Waals surface area (Å²) in [5.74, 6) is 0.417. The van der Waals surface area contributed by atoms with Gasteiger partial charge in [0.15, 0.2) is 0 Å². The number of imidazole rings is 1. The number of halogens is 2. The molecule has 1 aromatic carbocycles. The molecule has 1 heterocycles. The van der Waals surface area contributed by atoms with Crippen LogP contribution in [0.2, 0.25) is 5.02 Å². The van der Waals surface area contributed by atoms with Gasteiger partial charge in [0.2, 0.25) is 0 Å².